The molecule has 24 heavy (non-hydrogen) atoms. The summed E-state index contributed by atoms with van der Waals surface area (Å²) in [6.07, 6.45) is 5.50. The van der Waals surface area contributed by atoms with Crippen molar-refractivity contribution in [3.05, 3.63) is 47.0 Å². The van der Waals surface area contributed by atoms with E-state index in [4.69, 9.17) is 11.6 Å². The number of aryl methyl sites for hydroxylation is 2. The molecule has 7 heteroatoms. The van der Waals surface area contributed by atoms with E-state index < -0.39 is 10.0 Å². The molecule has 1 aliphatic rings. The van der Waals surface area contributed by atoms with E-state index in [9.17, 15) is 8.42 Å². The van der Waals surface area contributed by atoms with Gasteiger partial charge in [-0.05, 0) is 50.3 Å². The van der Waals surface area contributed by atoms with E-state index in [1.165, 1.54) is 0 Å². The summed E-state index contributed by atoms with van der Waals surface area (Å²) in [5, 5.41) is 0.449. The maximum atomic E-state index is 12.9. The van der Waals surface area contributed by atoms with Gasteiger partial charge in [-0.1, -0.05) is 17.7 Å². The Bertz CT molecular complexity index is 824. The van der Waals surface area contributed by atoms with Crippen molar-refractivity contribution in [1.82, 2.24) is 13.9 Å². The van der Waals surface area contributed by atoms with Crippen LogP contribution in [0.2, 0.25) is 5.02 Å². The second-order valence-corrected chi connectivity index (χ2v) is 8.73. The highest BCUT2D eigenvalue weighted by Crippen LogP contribution is 2.28. The Morgan fingerprint density at radius 3 is 2.58 bits per heavy atom. The van der Waals surface area contributed by atoms with Crippen LogP contribution in [0.25, 0.3) is 0 Å². The maximum Gasteiger partial charge on any atom is 0.243 e. The minimum Gasteiger partial charge on any atom is -0.335 e. The minimum atomic E-state index is -3.48. The van der Waals surface area contributed by atoms with Crippen LogP contribution in [0.1, 0.15) is 24.2 Å². The zero-order chi connectivity index (χ0) is 17.3. The summed E-state index contributed by atoms with van der Waals surface area (Å²) in [5.41, 5.74) is 0.732. The van der Waals surface area contributed by atoms with Gasteiger partial charge in [-0.15, -0.1) is 0 Å². The first kappa shape index (κ1) is 17.5. The third kappa shape index (κ3) is 3.50. The molecule has 1 saturated heterocycles. The van der Waals surface area contributed by atoms with Crippen molar-refractivity contribution in [2.75, 3.05) is 13.1 Å². The van der Waals surface area contributed by atoms with Crippen molar-refractivity contribution in [2.24, 2.45) is 5.92 Å². The highest BCUT2D eigenvalue weighted by atomic mass is 35.5. The molecular weight excluding hydrogens is 346 g/mol. The van der Waals surface area contributed by atoms with E-state index in [1.54, 1.807) is 35.6 Å². The number of halogens is 1. The quantitative estimate of drug-likeness (QED) is 0.833. The molecule has 1 aromatic heterocycles. The van der Waals surface area contributed by atoms with E-state index in [0.29, 0.717) is 28.9 Å². The van der Waals surface area contributed by atoms with Gasteiger partial charge in [0.25, 0.3) is 0 Å². The zero-order valence-electron chi connectivity index (χ0n) is 13.9. The van der Waals surface area contributed by atoms with Crippen LogP contribution in [-0.2, 0) is 16.6 Å². The van der Waals surface area contributed by atoms with Gasteiger partial charge in [0.05, 0.1) is 4.90 Å². The van der Waals surface area contributed by atoms with Gasteiger partial charge in [0, 0.05) is 37.1 Å². The lowest BCUT2D eigenvalue weighted by molar-refractivity contribution is 0.252. The molecule has 0 amide bonds. The first-order chi connectivity index (χ1) is 11.4. The molecule has 2 heterocycles. The number of imidazole rings is 1. The number of rotatable bonds is 4. The Hall–Kier alpha value is -1.37. The molecule has 0 atom stereocenters. The van der Waals surface area contributed by atoms with Crippen molar-refractivity contribution in [3.63, 3.8) is 0 Å². The van der Waals surface area contributed by atoms with E-state index in [1.807, 2.05) is 13.1 Å². The number of aromatic nitrogens is 2. The number of benzene rings is 1. The summed E-state index contributed by atoms with van der Waals surface area (Å²) < 4.78 is 29.5. The summed E-state index contributed by atoms with van der Waals surface area (Å²) >= 11 is 5.99. The second-order valence-electron chi connectivity index (χ2n) is 6.38. The first-order valence-electron chi connectivity index (χ1n) is 8.12. The Morgan fingerprint density at radius 1 is 1.25 bits per heavy atom. The van der Waals surface area contributed by atoms with E-state index in [2.05, 4.69) is 9.55 Å². The minimum absolute atomic E-state index is 0.318. The molecule has 3 rings (SSSR count). The average Bonchev–Trinajstić information content (AvgIpc) is 2.95. The molecule has 0 unspecified atom stereocenters. The van der Waals surface area contributed by atoms with Crippen molar-refractivity contribution >= 4 is 21.6 Å². The Labute approximate surface area is 148 Å². The highest BCUT2D eigenvalue weighted by Gasteiger charge is 2.30. The monoisotopic (exact) mass is 367 g/mol. The van der Waals surface area contributed by atoms with Crippen LogP contribution in [0, 0.1) is 19.8 Å². The highest BCUT2D eigenvalue weighted by molar-refractivity contribution is 7.89. The van der Waals surface area contributed by atoms with Gasteiger partial charge in [0.2, 0.25) is 10.0 Å². The third-order valence-corrected chi connectivity index (χ3v) is 7.00. The SMILES string of the molecule is Cc1ccc(Cl)cc1S(=O)(=O)N1CCC(Cn2ccnc2C)CC1. The number of hydrogen-bond acceptors (Lipinski definition) is 3. The average molecular weight is 368 g/mol. The lowest BCUT2D eigenvalue weighted by Crippen LogP contribution is -2.39. The Kier molecular flexibility index (Phi) is 4.99. The van der Waals surface area contributed by atoms with Crippen LogP contribution in [0.5, 0.6) is 0 Å². The Morgan fingerprint density at radius 2 is 1.96 bits per heavy atom. The fourth-order valence-corrected chi connectivity index (χ4v) is 5.16. The lowest BCUT2D eigenvalue weighted by atomic mass is 9.98. The van der Waals surface area contributed by atoms with Gasteiger partial charge in [-0.3, -0.25) is 0 Å². The van der Waals surface area contributed by atoms with Crippen molar-refractivity contribution in [2.45, 2.75) is 38.1 Å². The molecule has 0 radical (unpaired) electrons. The first-order valence-corrected chi connectivity index (χ1v) is 9.94. The van der Waals surface area contributed by atoms with Crippen LogP contribution in [0.15, 0.2) is 35.5 Å². The van der Waals surface area contributed by atoms with Crippen LogP contribution in [0.4, 0.5) is 0 Å². The topological polar surface area (TPSA) is 55.2 Å². The summed E-state index contributed by atoms with van der Waals surface area (Å²) in [4.78, 5) is 4.56. The van der Waals surface area contributed by atoms with E-state index in [-0.39, 0.29) is 0 Å². The molecule has 0 spiro atoms. The normalized spacial score (nSPS) is 17.3. The van der Waals surface area contributed by atoms with Crippen LogP contribution < -0.4 is 0 Å². The molecule has 0 bridgehead atoms. The van der Waals surface area contributed by atoms with E-state index >= 15 is 0 Å². The lowest BCUT2D eigenvalue weighted by Gasteiger charge is -2.32. The Balaban J connectivity index is 1.69. The summed E-state index contributed by atoms with van der Waals surface area (Å²) in [7, 11) is -3.48. The molecule has 2 aromatic rings. The molecule has 0 N–H and O–H groups in total. The molecule has 1 aliphatic heterocycles. The standard InChI is InChI=1S/C17H22ClN3O2S/c1-13-3-4-16(18)11-17(13)24(22,23)21-8-5-15(6-9-21)12-20-10-7-19-14(20)2/h3-4,7,10-11,15H,5-6,8-9,12H2,1-2H3. The predicted molar refractivity (Wildman–Crippen MR) is 94.6 cm³/mol. The molecule has 0 aliphatic carbocycles. The van der Waals surface area contributed by atoms with Crippen LogP contribution in [-0.4, -0.2) is 35.4 Å². The predicted octanol–water partition coefficient (Wildman–Crippen LogP) is 3.25. The van der Waals surface area contributed by atoms with Crippen molar-refractivity contribution < 1.29 is 8.42 Å². The van der Waals surface area contributed by atoms with Gasteiger partial charge in [0.15, 0.2) is 0 Å². The van der Waals surface area contributed by atoms with Gasteiger partial charge < -0.3 is 4.57 Å². The van der Waals surface area contributed by atoms with Crippen molar-refractivity contribution in [3.8, 4) is 0 Å². The van der Waals surface area contributed by atoms with Gasteiger partial charge in [-0.25, -0.2) is 13.4 Å². The summed E-state index contributed by atoms with van der Waals surface area (Å²) in [6.45, 7) is 5.79. The number of hydrogen-bond donors (Lipinski definition) is 0. The van der Waals surface area contributed by atoms with Crippen LogP contribution in [0.3, 0.4) is 0 Å². The third-order valence-electron chi connectivity index (χ3n) is 4.72. The smallest absolute Gasteiger partial charge is 0.243 e. The molecule has 130 valence electrons. The van der Waals surface area contributed by atoms with Crippen LogP contribution >= 0.6 is 11.6 Å². The second kappa shape index (κ2) is 6.86. The number of piperidine rings is 1. The fraction of sp³-hybridized carbons (Fsp3) is 0.471. The summed E-state index contributed by atoms with van der Waals surface area (Å²) in [6, 6.07) is 5.02. The van der Waals surface area contributed by atoms with E-state index in [0.717, 1.165) is 30.8 Å². The number of sulfonamides is 1. The van der Waals surface area contributed by atoms with Gasteiger partial charge in [-0.2, -0.15) is 4.31 Å². The molecule has 1 aromatic carbocycles. The zero-order valence-corrected chi connectivity index (χ0v) is 15.5. The molecule has 1 fully saturated rings. The summed E-state index contributed by atoms with van der Waals surface area (Å²) in [5.74, 6) is 1.48. The number of nitrogens with zero attached hydrogens (tertiary/aromatic N) is 3. The molecule has 0 saturated carbocycles. The molecular formula is C17H22ClN3O2S. The van der Waals surface area contributed by atoms with Gasteiger partial charge in [0.1, 0.15) is 5.82 Å². The van der Waals surface area contributed by atoms with Crippen molar-refractivity contribution in [1.29, 1.82) is 0 Å². The fourth-order valence-electron chi connectivity index (χ4n) is 3.20. The van der Waals surface area contributed by atoms with Gasteiger partial charge >= 0.3 is 0 Å². The largest absolute Gasteiger partial charge is 0.335 e. The maximum absolute atomic E-state index is 12.9. The molecule has 5 nitrogen and oxygen atoms in total.